The molecular formula is C9H12N3O5S-. The molecule has 0 saturated heterocycles. The van der Waals surface area contributed by atoms with Gasteiger partial charge in [-0.1, -0.05) is 0 Å². The number of rotatable bonds is 3. The van der Waals surface area contributed by atoms with Gasteiger partial charge in [-0.2, -0.15) is 9.78 Å². The highest BCUT2D eigenvalue weighted by Gasteiger charge is 2.23. The summed E-state index contributed by atoms with van der Waals surface area (Å²) in [6, 6.07) is -0.676. The van der Waals surface area contributed by atoms with Gasteiger partial charge >= 0.3 is 12.0 Å². The SMILES string of the molecule is CCOC(=O)c1cnn(C(=O)N(C)C)c1S(=O)[O-]. The number of hydrogen-bond donors (Lipinski definition) is 0. The van der Waals surface area contributed by atoms with E-state index in [-0.39, 0.29) is 12.2 Å². The fraction of sp³-hybridized carbons (Fsp3) is 0.444. The molecule has 1 amide bonds. The summed E-state index contributed by atoms with van der Waals surface area (Å²) >= 11 is -2.78. The van der Waals surface area contributed by atoms with Crippen molar-refractivity contribution >= 4 is 23.1 Å². The Kier molecular flexibility index (Phi) is 4.56. The molecule has 1 aromatic heterocycles. The van der Waals surface area contributed by atoms with E-state index in [1.807, 2.05) is 0 Å². The number of hydrogen-bond acceptors (Lipinski definition) is 6. The van der Waals surface area contributed by atoms with Crippen LogP contribution < -0.4 is 0 Å². The summed E-state index contributed by atoms with van der Waals surface area (Å²) in [4.78, 5) is 24.3. The number of carbonyl (C=O) groups excluding carboxylic acids is 2. The second-order valence-electron chi connectivity index (χ2n) is 3.41. The smallest absolute Gasteiger partial charge is 0.345 e. The average Bonchev–Trinajstić information content (AvgIpc) is 2.72. The number of nitrogens with zero attached hydrogens (tertiary/aromatic N) is 3. The van der Waals surface area contributed by atoms with E-state index in [0.29, 0.717) is 4.68 Å². The van der Waals surface area contributed by atoms with Crippen molar-refractivity contribution < 1.29 is 23.1 Å². The van der Waals surface area contributed by atoms with Crippen molar-refractivity contribution in [2.75, 3.05) is 20.7 Å². The molecule has 1 atom stereocenters. The van der Waals surface area contributed by atoms with Gasteiger partial charge in [0.2, 0.25) is 0 Å². The highest BCUT2D eigenvalue weighted by atomic mass is 32.2. The Morgan fingerprint density at radius 2 is 2.17 bits per heavy atom. The number of ether oxygens (including phenoxy) is 1. The molecule has 0 bridgehead atoms. The molecule has 0 aliphatic carbocycles. The maximum atomic E-state index is 11.7. The molecule has 18 heavy (non-hydrogen) atoms. The van der Waals surface area contributed by atoms with Gasteiger partial charge in [-0.3, -0.25) is 4.21 Å². The first-order valence-electron chi connectivity index (χ1n) is 4.96. The van der Waals surface area contributed by atoms with E-state index in [9.17, 15) is 18.4 Å². The lowest BCUT2D eigenvalue weighted by Gasteiger charge is -2.14. The largest absolute Gasteiger partial charge is 0.767 e. The van der Waals surface area contributed by atoms with Gasteiger partial charge in [0.25, 0.3) is 0 Å². The zero-order chi connectivity index (χ0) is 13.9. The Bertz CT molecular complexity index is 496. The van der Waals surface area contributed by atoms with Gasteiger partial charge in [-0.05, 0) is 18.0 Å². The first-order chi connectivity index (χ1) is 8.40. The van der Waals surface area contributed by atoms with E-state index in [1.54, 1.807) is 6.92 Å². The minimum atomic E-state index is -2.78. The van der Waals surface area contributed by atoms with E-state index in [4.69, 9.17) is 0 Å². The Balaban J connectivity index is 3.27. The van der Waals surface area contributed by atoms with Crippen LogP contribution in [0.25, 0.3) is 0 Å². The van der Waals surface area contributed by atoms with Crippen LogP contribution in [0.5, 0.6) is 0 Å². The van der Waals surface area contributed by atoms with Crippen molar-refractivity contribution in [3.8, 4) is 0 Å². The summed E-state index contributed by atoms with van der Waals surface area (Å²) in [6.07, 6.45) is 0.991. The quantitative estimate of drug-likeness (QED) is 0.559. The Labute approximate surface area is 106 Å². The van der Waals surface area contributed by atoms with Crippen LogP contribution in [-0.4, -0.2) is 56.1 Å². The molecule has 0 aliphatic heterocycles. The van der Waals surface area contributed by atoms with E-state index < -0.39 is 28.1 Å². The molecule has 8 nitrogen and oxygen atoms in total. The number of amides is 1. The first-order valence-corrected chi connectivity index (χ1v) is 6.03. The third kappa shape index (κ3) is 2.74. The van der Waals surface area contributed by atoms with Crippen molar-refractivity contribution in [1.82, 2.24) is 14.7 Å². The molecule has 0 N–H and O–H groups in total. The summed E-state index contributed by atoms with van der Waals surface area (Å²) in [6.45, 7) is 1.68. The number of carbonyl (C=O) groups is 2. The second kappa shape index (κ2) is 5.74. The molecule has 9 heteroatoms. The second-order valence-corrected chi connectivity index (χ2v) is 4.26. The van der Waals surface area contributed by atoms with Crippen LogP contribution in [0.1, 0.15) is 17.3 Å². The van der Waals surface area contributed by atoms with Gasteiger partial charge in [0.05, 0.1) is 12.8 Å². The van der Waals surface area contributed by atoms with E-state index in [1.165, 1.54) is 14.1 Å². The lowest BCUT2D eigenvalue weighted by Crippen LogP contribution is -2.30. The average molecular weight is 274 g/mol. The third-order valence-corrected chi connectivity index (χ3v) is 2.65. The Hall–Kier alpha value is -1.74. The van der Waals surface area contributed by atoms with Gasteiger partial charge in [0, 0.05) is 14.1 Å². The first kappa shape index (κ1) is 14.3. The highest BCUT2D eigenvalue weighted by Crippen LogP contribution is 2.14. The van der Waals surface area contributed by atoms with Crippen LogP contribution in [0.3, 0.4) is 0 Å². The normalized spacial score (nSPS) is 12.0. The lowest BCUT2D eigenvalue weighted by molar-refractivity contribution is 0.0521. The van der Waals surface area contributed by atoms with Gasteiger partial charge in [0.1, 0.15) is 10.6 Å². The predicted molar refractivity (Wildman–Crippen MR) is 59.9 cm³/mol. The molecule has 0 saturated carbocycles. The number of esters is 1. The summed E-state index contributed by atoms with van der Waals surface area (Å²) in [5, 5.41) is 3.09. The van der Waals surface area contributed by atoms with Crippen LogP contribution in [0.4, 0.5) is 4.79 Å². The molecule has 1 rings (SSSR count). The predicted octanol–water partition coefficient (Wildman–Crippen LogP) is -0.172. The minimum Gasteiger partial charge on any atom is -0.767 e. The van der Waals surface area contributed by atoms with Crippen LogP contribution in [0, 0.1) is 0 Å². The van der Waals surface area contributed by atoms with Gasteiger partial charge in [-0.25, -0.2) is 9.59 Å². The van der Waals surface area contributed by atoms with E-state index in [2.05, 4.69) is 9.84 Å². The van der Waals surface area contributed by atoms with Crippen LogP contribution >= 0.6 is 0 Å². The molecule has 0 radical (unpaired) electrons. The van der Waals surface area contributed by atoms with E-state index in [0.717, 1.165) is 11.1 Å². The molecule has 100 valence electrons. The van der Waals surface area contributed by atoms with Crippen molar-refractivity contribution in [1.29, 1.82) is 0 Å². The summed E-state index contributed by atoms with van der Waals surface area (Å²) in [5.41, 5.74) is -0.264. The van der Waals surface area contributed by atoms with Crippen molar-refractivity contribution in [3.05, 3.63) is 11.8 Å². The standard InChI is InChI=1S/C9H13N3O5S/c1-4-17-8(13)6-5-10-12(7(6)18(15)16)9(14)11(2)3/h5H,4H2,1-3H3,(H,15,16)/p-1. The van der Waals surface area contributed by atoms with E-state index >= 15 is 0 Å². The summed E-state index contributed by atoms with van der Waals surface area (Å²) in [5.74, 6) is -0.838. The van der Waals surface area contributed by atoms with Crippen molar-refractivity contribution in [2.24, 2.45) is 0 Å². The monoisotopic (exact) mass is 274 g/mol. The molecule has 0 aliphatic rings. The minimum absolute atomic E-state index is 0.0938. The van der Waals surface area contributed by atoms with Crippen LogP contribution in [-0.2, 0) is 15.8 Å². The van der Waals surface area contributed by atoms with Crippen LogP contribution in [0.2, 0.25) is 0 Å². The summed E-state index contributed by atoms with van der Waals surface area (Å²) < 4.78 is 27.5. The molecule has 1 aromatic rings. The molecule has 0 aromatic carbocycles. The maximum absolute atomic E-state index is 11.7. The fourth-order valence-electron chi connectivity index (χ4n) is 1.17. The van der Waals surface area contributed by atoms with Crippen molar-refractivity contribution in [3.63, 3.8) is 0 Å². The molecule has 0 spiro atoms. The van der Waals surface area contributed by atoms with Gasteiger partial charge in [-0.15, -0.1) is 0 Å². The molecule has 1 heterocycles. The Morgan fingerprint density at radius 1 is 1.56 bits per heavy atom. The van der Waals surface area contributed by atoms with Gasteiger partial charge in [0.15, 0.2) is 0 Å². The molecule has 0 fully saturated rings. The zero-order valence-electron chi connectivity index (χ0n) is 10.1. The topological polar surface area (TPSA) is 105 Å². The summed E-state index contributed by atoms with van der Waals surface area (Å²) in [7, 11) is 2.87. The third-order valence-electron chi connectivity index (χ3n) is 1.94. The van der Waals surface area contributed by atoms with Gasteiger partial charge < -0.3 is 14.2 Å². The lowest BCUT2D eigenvalue weighted by atomic mass is 10.4. The molecule has 1 unspecified atom stereocenters. The Morgan fingerprint density at radius 3 is 2.61 bits per heavy atom. The zero-order valence-corrected chi connectivity index (χ0v) is 10.9. The fourth-order valence-corrected chi connectivity index (χ4v) is 1.75. The highest BCUT2D eigenvalue weighted by molar-refractivity contribution is 7.79. The number of aromatic nitrogens is 2. The maximum Gasteiger partial charge on any atom is 0.345 e. The van der Waals surface area contributed by atoms with Crippen LogP contribution in [0.15, 0.2) is 11.2 Å². The molecular weight excluding hydrogens is 262 g/mol. The van der Waals surface area contributed by atoms with Crippen molar-refractivity contribution in [2.45, 2.75) is 11.9 Å².